The van der Waals surface area contributed by atoms with Gasteiger partial charge in [0.2, 0.25) is 0 Å². The molecule has 0 aromatic carbocycles. The predicted molar refractivity (Wildman–Crippen MR) is 147 cm³/mol. The Morgan fingerprint density at radius 3 is 1.03 bits per heavy atom. The van der Waals surface area contributed by atoms with Gasteiger partial charge in [-0.1, -0.05) is 104 Å². The Morgan fingerprint density at radius 2 is 0.838 bits per heavy atom. The minimum absolute atomic E-state index is 0.238. The van der Waals surface area contributed by atoms with E-state index < -0.39 is 67.3 Å². The summed E-state index contributed by atoms with van der Waals surface area (Å²) >= 11 is 0. The van der Waals surface area contributed by atoms with Crippen LogP contribution in [0.3, 0.4) is 0 Å². The van der Waals surface area contributed by atoms with Crippen molar-refractivity contribution < 1.29 is 34.8 Å². The third-order valence-corrected chi connectivity index (χ3v) is 7.63. The second-order valence-corrected chi connectivity index (χ2v) is 16.9. The number of carbonyl (C=O) groups is 3. The maximum Gasteiger partial charge on any atom is 0.337 e. The van der Waals surface area contributed by atoms with Crippen molar-refractivity contribution in [1.29, 1.82) is 0 Å². The summed E-state index contributed by atoms with van der Waals surface area (Å²) in [6.45, 7) is 27.2. The fraction of sp³-hybridized carbons (Fsp3) is 0.900. The monoisotopic (exact) mass is 528 g/mol. The normalized spacial score (nSPS) is 17.2. The average molecular weight is 529 g/mol. The molecule has 0 amide bonds. The molecule has 0 heterocycles. The number of carboxylic acid groups (broad SMARTS) is 3. The highest BCUT2D eigenvalue weighted by Gasteiger charge is 2.78. The summed E-state index contributed by atoms with van der Waals surface area (Å²) in [5, 5.41) is 45.3. The maximum atomic E-state index is 13.8. The Hall–Kier alpha value is -1.63. The topological polar surface area (TPSA) is 132 Å². The number of hydrogen-bond donors (Lipinski definition) is 4. The van der Waals surface area contributed by atoms with Crippen molar-refractivity contribution in [2.45, 2.75) is 129 Å². The molecule has 4 N–H and O–H groups in total. The molecule has 2 unspecified atom stereocenters. The van der Waals surface area contributed by atoms with Crippen LogP contribution in [0, 0.1) is 43.8 Å². The molecular formula is C30H56O7. The highest BCUT2D eigenvalue weighted by molar-refractivity contribution is 5.95. The SMILES string of the molecule is CC(C)(C)CC(C)(C)C(C(=O)O)C(O)(C(=O)O)C(C(=O)O)(C(C)(C)CC(C)(C)C)C(C)(C)CC(C)(C)C. The van der Waals surface area contributed by atoms with E-state index >= 15 is 0 Å². The second-order valence-electron chi connectivity index (χ2n) is 16.9. The largest absolute Gasteiger partial charge is 0.481 e. The van der Waals surface area contributed by atoms with E-state index in [4.69, 9.17) is 0 Å². The Morgan fingerprint density at radius 1 is 0.541 bits per heavy atom. The van der Waals surface area contributed by atoms with Gasteiger partial charge in [0.15, 0.2) is 5.60 Å². The first kappa shape index (κ1) is 35.4. The minimum atomic E-state index is -3.15. The van der Waals surface area contributed by atoms with E-state index in [0.717, 1.165) is 0 Å². The summed E-state index contributed by atoms with van der Waals surface area (Å²) < 4.78 is 0. The number of aliphatic carboxylic acids is 3. The zero-order valence-corrected chi connectivity index (χ0v) is 26.2. The minimum Gasteiger partial charge on any atom is -0.481 e. The molecule has 0 fully saturated rings. The highest BCUT2D eigenvalue weighted by Crippen LogP contribution is 2.67. The molecule has 0 bridgehead atoms. The molecule has 0 rings (SSSR count). The lowest BCUT2D eigenvalue weighted by atomic mass is 9.39. The van der Waals surface area contributed by atoms with Crippen LogP contribution >= 0.6 is 0 Å². The molecule has 0 radical (unpaired) electrons. The zero-order chi connectivity index (χ0) is 30.4. The van der Waals surface area contributed by atoms with E-state index in [2.05, 4.69) is 0 Å². The Balaban J connectivity index is 8.28. The van der Waals surface area contributed by atoms with Crippen molar-refractivity contribution in [2.75, 3.05) is 0 Å². The van der Waals surface area contributed by atoms with E-state index in [-0.39, 0.29) is 19.3 Å². The fourth-order valence-corrected chi connectivity index (χ4v) is 8.65. The fourth-order valence-electron chi connectivity index (χ4n) is 8.65. The summed E-state index contributed by atoms with van der Waals surface area (Å²) in [7, 11) is 0. The third-order valence-electron chi connectivity index (χ3n) is 7.63. The summed E-state index contributed by atoms with van der Waals surface area (Å²) in [6, 6.07) is 0. The highest BCUT2D eigenvalue weighted by atomic mass is 16.4. The van der Waals surface area contributed by atoms with Gasteiger partial charge in [0.1, 0.15) is 11.3 Å². The van der Waals surface area contributed by atoms with Crippen LogP contribution in [0.4, 0.5) is 0 Å². The lowest BCUT2D eigenvalue weighted by Gasteiger charge is -2.63. The Bertz CT molecular complexity index is 832. The third kappa shape index (κ3) is 7.07. The summed E-state index contributed by atoms with van der Waals surface area (Å²) in [6.07, 6.45) is 0.727. The summed E-state index contributed by atoms with van der Waals surface area (Å²) in [5.74, 6) is -6.76. The zero-order valence-electron chi connectivity index (χ0n) is 26.2. The van der Waals surface area contributed by atoms with Crippen LogP contribution in [0.5, 0.6) is 0 Å². The lowest BCUT2D eigenvalue weighted by Crippen LogP contribution is -2.76. The molecule has 218 valence electrons. The van der Waals surface area contributed by atoms with Gasteiger partial charge < -0.3 is 20.4 Å². The van der Waals surface area contributed by atoms with Crippen LogP contribution in [0.15, 0.2) is 0 Å². The molecule has 0 aliphatic rings. The average Bonchev–Trinajstić information content (AvgIpc) is 2.44. The smallest absolute Gasteiger partial charge is 0.337 e. The van der Waals surface area contributed by atoms with E-state index in [1.807, 2.05) is 62.3 Å². The molecule has 0 aliphatic heterocycles. The van der Waals surface area contributed by atoms with Gasteiger partial charge in [-0.25, -0.2) is 4.79 Å². The summed E-state index contributed by atoms with van der Waals surface area (Å²) in [4.78, 5) is 40.2. The van der Waals surface area contributed by atoms with Gasteiger partial charge in [-0.2, -0.15) is 0 Å². The molecule has 0 aliphatic carbocycles. The standard InChI is InChI=1S/C30H56O7/c1-23(2,3)16-26(10,11)19(20(31)32)29(37,21(33)34)30(22(35)36,27(12,13)17-24(4,5)6)28(14,15)18-25(7,8)9/h19,37H,16-18H2,1-15H3,(H,31,32)(H,33,34)(H,35,36). The molecule has 7 heteroatoms. The van der Waals surface area contributed by atoms with Crippen molar-refractivity contribution in [3.63, 3.8) is 0 Å². The van der Waals surface area contributed by atoms with Crippen LogP contribution < -0.4 is 0 Å². The Labute approximate surface area is 225 Å². The van der Waals surface area contributed by atoms with Crippen molar-refractivity contribution in [3.05, 3.63) is 0 Å². The quantitative estimate of drug-likeness (QED) is 0.228. The van der Waals surface area contributed by atoms with Gasteiger partial charge in [-0.3, -0.25) is 9.59 Å². The van der Waals surface area contributed by atoms with Crippen LogP contribution in [0.25, 0.3) is 0 Å². The van der Waals surface area contributed by atoms with E-state index in [1.165, 1.54) is 0 Å². The van der Waals surface area contributed by atoms with Crippen molar-refractivity contribution in [2.24, 2.45) is 43.8 Å². The van der Waals surface area contributed by atoms with Crippen molar-refractivity contribution >= 4 is 17.9 Å². The van der Waals surface area contributed by atoms with Crippen molar-refractivity contribution in [1.82, 2.24) is 0 Å². The van der Waals surface area contributed by atoms with E-state index in [0.29, 0.717) is 0 Å². The molecule has 0 aromatic heterocycles. The van der Waals surface area contributed by atoms with Crippen molar-refractivity contribution in [3.8, 4) is 0 Å². The molecule has 0 spiro atoms. The number of aliphatic hydroxyl groups is 1. The van der Waals surface area contributed by atoms with Gasteiger partial charge in [-0.05, 0) is 51.8 Å². The van der Waals surface area contributed by atoms with Crippen LogP contribution in [0.2, 0.25) is 0 Å². The lowest BCUT2D eigenvalue weighted by molar-refractivity contribution is -0.260. The maximum absolute atomic E-state index is 13.8. The molecule has 0 saturated heterocycles. The first-order chi connectivity index (χ1) is 15.8. The molecule has 2 atom stereocenters. The van der Waals surface area contributed by atoms with Gasteiger partial charge in [0.25, 0.3) is 0 Å². The van der Waals surface area contributed by atoms with E-state index in [9.17, 15) is 34.8 Å². The van der Waals surface area contributed by atoms with Gasteiger partial charge >= 0.3 is 17.9 Å². The van der Waals surface area contributed by atoms with Crippen LogP contribution in [-0.4, -0.2) is 43.9 Å². The van der Waals surface area contributed by atoms with Gasteiger partial charge in [0.05, 0.1) is 0 Å². The first-order valence-electron chi connectivity index (χ1n) is 13.2. The number of carboxylic acids is 3. The van der Waals surface area contributed by atoms with Crippen LogP contribution in [-0.2, 0) is 14.4 Å². The van der Waals surface area contributed by atoms with Crippen LogP contribution in [0.1, 0.15) is 123 Å². The summed E-state index contributed by atoms with van der Waals surface area (Å²) in [5.41, 5.74) is -10.8. The Kier molecular flexibility index (Phi) is 9.71. The molecule has 7 nitrogen and oxygen atoms in total. The molecule has 0 saturated carbocycles. The van der Waals surface area contributed by atoms with E-state index in [1.54, 1.807) is 41.5 Å². The second kappa shape index (κ2) is 10.2. The predicted octanol–water partition coefficient (Wildman–Crippen LogP) is 6.96. The van der Waals surface area contributed by atoms with Gasteiger partial charge in [0, 0.05) is 0 Å². The molecule has 37 heavy (non-hydrogen) atoms. The van der Waals surface area contributed by atoms with Gasteiger partial charge in [-0.15, -0.1) is 0 Å². The first-order valence-corrected chi connectivity index (χ1v) is 13.2. The number of rotatable bonds is 11. The number of hydrogen-bond acceptors (Lipinski definition) is 4. The molecule has 0 aromatic rings. The molecular weight excluding hydrogens is 472 g/mol.